The zero-order valence-electron chi connectivity index (χ0n) is 13.0. The van der Waals surface area contributed by atoms with Crippen molar-refractivity contribution in [3.05, 3.63) is 41.5 Å². The van der Waals surface area contributed by atoms with Crippen LogP contribution in [-0.2, 0) is 18.3 Å². The number of anilines is 1. The Morgan fingerprint density at radius 2 is 1.73 bits per heavy atom. The molecule has 0 unspecified atom stereocenters. The van der Waals surface area contributed by atoms with Crippen molar-refractivity contribution in [2.75, 3.05) is 25.1 Å². The number of rotatable bonds is 9. The van der Waals surface area contributed by atoms with E-state index in [4.69, 9.17) is 13.8 Å². The van der Waals surface area contributed by atoms with Crippen molar-refractivity contribution >= 4 is 13.3 Å². The summed E-state index contributed by atoms with van der Waals surface area (Å²) in [4.78, 5) is 0. The number of nitrogens with one attached hydrogen (secondary N) is 1. The van der Waals surface area contributed by atoms with Crippen LogP contribution < -0.4 is 5.32 Å². The molecule has 0 aliphatic rings. The van der Waals surface area contributed by atoms with Crippen LogP contribution in [0.15, 0.2) is 41.5 Å². The van der Waals surface area contributed by atoms with Crippen molar-refractivity contribution in [2.45, 2.75) is 20.8 Å². The van der Waals surface area contributed by atoms with Crippen molar-refractivity contribution < 1.29 is 18.3 Å². The maximum Gasteiger partial charge on any atom is 0.377 e. The van der Waals surface area contributed by atoms with Crippen LogP contribution in [0.5, 0.6) is 0 Å². The highest BCUT2D eigenvalue weighted by atomic mass is 31.2. The Labute approximate surface area is 131 Å². The average molecular weight is 324 g/mol. The Hall–Kier alpha value is -1.80. The van der Waals surface area contributed by atoms with Crippen LogP contribution in [0.3, 0.4) is 0 Å². The topological polar surface area (TPSA) is 80.6 Å². The van der Waals surface area contributed by atoms with E-state index in [1.54, 1.807) is 32.9 Å². The molecule has 7 heteroatoms. The fourth-order valence-corrected chi connectivity index (χ4v) is 3.21. The summed E-state index contributed by atoms with van der Waals surface area (Å²) in [7, 11) is -3.72. The van der Waals surface area contributed by atoms with Crippen LogP contribution in [0.25, 0.3) is 0 Å². The third-order valence-corrected chi connectivity index (χ3v) is 4.56. The summed E-state index contributed by atoms with van der Waals surface area (Å²) in [5, 5.41) is 12.2. The van der Waals surface area contributed by atoms with Gasteiger partial charge in [-0.1, -0.05) is 18.2 Å². The van der Waals surface area contributed by atoms with Gasteiger partial charge in [0, 0.05) is 5.69 Å². The Morgan fingerprint density at radius 1 is 1.14 bits per heavy atom. The van der Waals surface area contributed by atoms with Gasteiger partial charge in [0.2, 0.25) is 11.2 Å². The van der Waals surface area contributed by atoms with Crippen LogP contribution in [0.4, 0.5) is 5.69 Å². The van der Waals surface area contributed by atoms with E-state index in [1.807, 2.05) is 24.3 Å². The Morgan fingerprint density at radius 3 is 2.18 bits per heavy atom. The van der Waals surface area contributed by atoms with E-state index in [0.717, 1.165) is 0 Å². The largest absolute Gasteiger partial charge is 0.478 e. The maximum atomic E-state index is 12.8. The van der Waals surface area contributed by atoms with Gasteiger partial charge < -0.3 is 19.1 Å². The molecule has 6 nitrogen and oxygen atoms in total. The molecule has 1 N–H and O–H groups in total. The Balaban J connectivity index is 3.26. The first-order valence-electron chi connectivity index (χ1n) is 7.10. The van der Waals surface area contributed by atoms with Crippen LogP contribution in [-0.4, -0.2) is 19.8 Å². The standard InChI is InChI=1S/C15H21N2O4P/c1-4-19-15(17-13-10-8-7-9-11-13)14(12-16)22(18,20-5-2)21-6-3/h7-11,17H,4-6H2,1-3H3/b15-14-. The molecule has 0 aliphatic carbocycles. The second-order valence-electron chi connectivity index (χ2n) is 4.05. The number of benzene rings is 1. The minimum absolute atomic E-state index is 0.0847. The highest BCUT2D eigenvalue weighted by molar-refractivity contribution is 7.59. The smallest absolute Gasteiger partial charge is 0.377 e. The van der Waals surface area contributed by atoms with E-state index >= 15 is 0 Å². The molecule has 1 aromatic rings. The first-order valence-corrected chi connectivity index (χ1v) is 8.64. The maximum absolute atomic E-state index is 12.8. The molecule has 0 radical (unpaired) electrons. The number of nitriles is 1. The minimum atomic E-state index is -3.72. The van der Waals surface area contributed by atoms with Crippen LogP contribution in [0.2, 0.25) is 0 Å². The van der Waals surface area contributed by atoms with Crippen molar-refractivity contribution in [1.29, 1.82) is 5.26 Å². The van der Waals surface area contributed by atoms with Gasteiger partial charge in [-0.15, -0.1) is 0 Å². The van der Waals surface area contributed by atoms with Crippen molar-refractivity contribution in [2.24, 2.45) is 0 Å². The number of nitrogens with zero attached hydrogens (tertiary/aromatic N) is 1. The van der Waals surface area contributed by atoms with E-state index in [-0.39, 0.29) is 24.4 Å². The normalized spacial score (nSPS) is 12.3. The van der Waals surface area contributed by atoms with Gasteiger partial charge in [-0.25, -0.2) is 0 Å². The van der Waals surface area contributed by atoms with Gasteiger partial charge >= 0.3 is 7.60 Å². The molecular formula is C15H21N2O4P. The summed E-state index contributed by atoms with van der Waals surface area (Å²) in [6.07, 6.45) is 0. The van der Waals surface area contributed by atoms with Crippen LogP contribution >= 0.6 is 7.60 Å². The lowest BCUT2D eigenvalue weighted by atomic mass is 10.3. The van der Waals surface area contributed by atoms with Gasteiger partial charge in [0.15, 0.2) is 0 Å². The van der Waals surface area contributed by atoms with Gasteiger partial charge in [0.05, 0.1) is 19.8 Å². The fraction of sp³-hybridized carbons (Fsp3) is 0.400. The molecule has 0 aliphatic heterocycles. The van der Waals surface area contributed by atoms with E-state index in [9.17, 15) is 9.83 Å². The lowest BCUT2D eigenvalue weighted by Crippen LogP contribution is -2.10. The molecule has 0 bridgehead atoms. The molecule has 0 saturated heterocycles. The number of para-hydroxylation sites is 1. The summed E-state index contributed by atoms with van der Waals surface area (Å²) >= 11 is 0. The second kappa shape index (κ2) is 9.26. The summed E-state index contributed by atoms with van der Waals surface area (Å²) in [5.41, 5.74) is 0.707. The van der Waals surface area contributed by atoms with E-state index in [1.165, 1.54) is 0 Å². The van der Waals surface area contributed by atoms with Crippen molar-refractivity contribution in [3.8, 4) is 6.07 Å². The molecule has 1 rings (SSSR count). The Kier molecular flexibility index (Phi) is 7.69. The van der Waals surface area contributed by atoms with E-state index in [2.05, 4.69) is 5.32 Å². The van der Waals surface area contributed by atoms with Crippen LogP contribution in [0.1, 0.15) is 20.8 Å². The summed E-state index contributed by atoms with van der Waals surface area (Å²) < 4.78 is 28.7. The average Bonchev–Trinajstić information content (AvgIpc) is 2.49. The molecule has 0 atom stereocenters. The third kappa shape index (κ3) is 4.88. The lowest BCUT2D eigenvalue weighted by molar-refractivity contribution is 0.215. The molecule has 1 aromatic carbocycles. The Bertz CT molecular complexity index is 571. The van der Waals surface area contributed by atoms with Gasteiger partial charge in [-0.05, 0) is 32.9 Å². The third-order valence-electron chi connectivity index (χ3n) is 2.51. The zero-order valence-corrected chi connectivity index (χ0v) is 13.9. The number of hydrogen-bond acceptors (Lipinski definition) is 6. The monoisotopic (exact) mass is 324 g/mol. The highest BCUT2D eigenvalue weighted by Crippen LogP contribution is 2.56. The van der Waals surface area contributed by atoms with E-state index in [0.29, 0.717) is 12.3 Å². The number of hydrogen-bond donors (Lipinski definition) is 1. The first-order chi connectivity index (χ1) is 10.6. The number of allylic oxidation sites excluding steroid dienone is 1. The number of ether oxygens (including phenoxy) is 1. The van der Waals surface area contributed by atoms with Crippen molar-refractivity contribution in [3.63, 3.8) is 0 Å². The molecule has 0 fully saturated rings. The van der Waals surface area contributed by atoms with E-state index < -0.39 is 7.60 Å². The van der Waals surface area contributed by atoms with Gasteiger partial charge in [-0.2, -0.15) is 5.26 Å². The SMILES string of the molecule is CCO/C(Nc1ccccc1)=C(/C#N)P(=O)(OCC)OCC. The van der Waals surface area contributed by atoms with Gasteiger partial charge in [-0.3, -0.25) is 4.57 Å². The summed E-state index contributed by atoms with van der Waals surface area (Å²) in [6.45, 7) is 5.77. The predicted molar refractivity (Wildman–Crippen MR) is 85.2 cm³/mol. The molecule has 0 aromatic heterocycles. The lowest BCUT2D eigenvalue weighted by Gasteiger charge is -2.19. The molecule has 0 saturated carbocycles. The summed E-state index contributed by atoms with van der Waals surface area (Å²) in [5.74, 6) is 0.0847. The highest BCUT2D eigenvalue weighted by Gasteiger charge is 2.34. The predicted octanol–water partition coefficient (Wildman–Crippen LogP) is 4.09. The summed E-state index contributed by atoms with van der Waals surface area (Å²) in [6, 6.07) is 11.0. The second-order valence-corrected chi connectivity index (χ2v) is 6.01. The molecule has 120 valence electrons. The molecule has 0 heterocycles. The fourth-order valence-electron chi connectivity index (χ4n) is 1.70. The molecular weight excluding hydrogens is 303 g/mol. The molecule has 0 spiro atoms. The van der Waals surface area contributed by atoms with Crippen LogP contribution in [0, 0.1) is 11.3 Å². The van der Waals surface area contributed by atoms with Crippen molar-refractivity contribution in [1.82, 2.24) is 0 Å². The molecule has 0 amide bonds. The minimum Gasteiger partial charge on any atom is -0.478 e. The quantitative estimate of drug-likeness (QED) is 0.418. The zero-order chi connectivity index (χ0) is 16.4. The first kappa shape index (κ1) is 18.2. The van der Waals surface area contributed by atoms with Gasteiger partial charge in [0.25, 0.3) is 0 Å². The molecule has 22 heavy (non-hydrogen) atoms. The van der Waals surface area contributed by atoms with Gasteiger partial charge in [0.1, 0.15) is 6.07 Å².